The lowest BCUT2D eigenvalue weighted by Crippen LogP contribution is -2.48. The maximum Gasteiger partial charge on any atom is 0.237 e. The zero-order valence-electron chi connectivity index (χ0n) is 20.4. The summed E-state index contributed by atoms with van der Waals surface area (Å²) in [4.78, 5) is 18.7. The van der Waals surface area contributed by atoms with Gasteiger partial charge in [0.1, 0.15) is 24.7 Å². The van der Waals surface area contributed by atoms with E-state index in [2.05, 4.69) is 11.4 Å². The second kappa shape index (κ2) is 12.4. The molecule has 2 atom stereocenters. The molecule has 4 rings (SSSR count). The Morgan fingerprint density at radius 1 is 1.29 bits per heavy atom. The highest BCUT2D eigenvalue weighted by atomic mass is 32.1. The van der Waals surface area contributed by atoms with E-state index in [1.807, 2.05) is 54.0 Å². The van der Waals surface area contributed by atoms with Crippen molar-refractivity contribution in [3.05, 3.63) is 75.9 Å². The fourth-order valence-electron chi connectivity index (χ4n) is 4.39. The van der Waals surface area contributed by atoms with Crippen molar-refractivity contribution >= 4 is 17.2 Å². The molecule has 1 aromatic carbocycles. The quantitative estimate of drug-likeness (QED) is 0.406. The van der Waals surface area contributed by atoms with Crippen molar-refractivity contribution in [2.75, 3.05) is 39.4 Å². The molecule has 0 saturated carbocycles. The topological polar surface area (TPSA) is 75.4 Å². The number of aryl methyl sites for hydroxylation is 1. The van der Waals surface area contributed by atoms with Crippen LogP contribution in [0, 0.1) is 6.92 Å². The van der Waals surface area contributed by atoms with Gasteiger partial charge in [-0.25, -0.2) is 0 Å². The monoisotopic (exact) mass is 498 g/mol. The molecule has 8 heteroatoms. The lowest BCUT2D eigenvalue weighted by atomic mass is 10.0. The van der Waals surface area contributed by atoms with Crippen molar-refractivity contribution in [3.63, 3.8) is 0 Å². The minimum absolute atomic E-state index is 0.0470. The number of aliphatic hydroxyl groups excluding tert-OH is 1. The number of aliphatic hydroxyl groups is 1. The SMILES string of the molecule is CCN(CC(=O)N1CCc2sccc2C1COc1ccccc1C)CC(O)COCc1ccco1. The van der Waals surface area contributed by atoms with E-state index in [9.17, 15) is 9.90 Å². The first-order valence-corrected chi connectivity index (χ1v) is 13.0. The number of para-hydroxylation sites is 1. The van der Waals surface area contributed by atoms with Gasteiger partial charge >= 0.3 is 0 Å². The highest BCUT2D eigenvalue weighted by Crippen LogP contribution is 2.34. The summed E-state index contributed by atoms with van der Waals surface area (Å²) in [5.74, 6) is 1.61. The Labute approximate surface area is 210 Å². The van der Waals surface area contributed by atoms with Crippen molar-refractivity contribution in [2.45, 2.75) is 39.0 Å². The Balaban J connectivity index is 1.35. The molecule has 1 N–H and O–H groups in total. The van der Waals surface area contributed by atoms with Crippen LogP contribution >= 0.6 is 11.3 Å². The first-order chi connectivity index (χ1) is 17.0. The van der Waals surface area contributed by atoms with E-state index in [1.54, 1.807) is 23.7 Å². The summed E-state index contributed by atoms with van der Waals surface area (Å²) in [7, 11) is 0. The number of thiophene rings is 1. The maximum absolute atomic E-state index is 13.4. The normalized spacial score (nSPS) is 16.3. The summed E-state index contributed by atoms with van der Waals surface area (Å²) in [5.41, 5.74) is 2.25. The van der Waals surface area contributed by atoms with Crippen LogP contribution in [0.1, 0.15) is 34.7 Å². The molecule has 2 unspecified atom stereocenters. The van der Waals surface area contributed by atoms with Crippen molar-refractivity contribution in [3.8, 4) is 5.75 Å². The van der Waals surface area contributed by atoms with Gasteiger partial charge in [-0.1, -0.05) is 25.1 Å². The predicted octanol–water partition coefficient (Wildman–Crippen LogP) is 4.05. The minimum atomic E-state index is -0.692. The summed E-state index contributed by atoms with van der Waals surface area (Å²) in [6.07, 6.45) is 1.76. The molecule has 188 valence electrons. The maximum atomic E-state index is 13.4. The van der Waals surface area contributed by atoms with Gasteiger partial charge in [-0.05, 0) is 60.7 Å². The number of carbonyl (C=O) groups excluding carboxylic acids is 1. The van der Waals surface area contributed by atoms with Crippen LogP contribution in [0.25, 0.3) is 0 Å². The van der Waals surface area contributed by atoms with E-state index < -0.39 is 6.10 Å². The lowest BCUT2D eigenvalue weighted by molar-refractivity contribution is -0.136. The first-order valence-electron chi connectivity index (χ1n) is 12.1. The minimum Gasteiger partial charge on any atom is -0.491 e. The van der Waals surface area contributed by atoms with Gasteiger partial charge in [-0.2, -0.15) is 0 Å². The first kappa shape index (κ1) is 25.4. The van der Waals surface area contributed by atoms with Crippen LogP contribution in [0.15, 0.2) is 58.5 Å². The number of fused-ring (bicyclic) bond motifs is 1. The van der Waals surface area contributed by atoms with Gasteiger partial charge in [-0.3, -0.25) is 9.69 Å². The third-order valence-electron chi connectivity index (χ3n) is 6.32. The number of ether oxygens (including phenoxy) is 2. The van der Waals surface area contributed by atoms with Crippen LogP contribution in [0.5, 0.6) is 5.75 Å². The molecular formula is C27H34N2O5S. The molecule has 2 aromatic heterocycles. The summed E-state index contributed by atoms with van der Waals surface area (Å²) in [5, 5.41) is 12.5. The molecule has 0 saturated heterocycles. The lowest BCUT2D eigenvalue weighted by Gasteiger charge is -2.37. The van der Waals surface area contributed by atoms with Gasteiger partial charge < -0.3 is 23.9 Å². The fourth-order valence-corrected chi connectivity index (χ4v) is 5.32. The van der Waals surface area contributed by atoms with Crippen molar-refractivity contribution in [2.24, 2.45) is 0 Å². The Hall–Kier alpha value is -2.65. The van der Waals surface area contributed by atoms with Gasteiger partial charge in [0.05, 0.1) is 31.6 Å². The largest absolute Gasteiger partial charge is 0.491 e. The molecule has 7 nitrogen and oxygen atoms in total. The van der Waals surface area contributed by atoms with Gasteiger partial charge in [-0.15, -0.1) is 11.3 Å². The standard InChI is InChI=1S/C27H34N2O5S/c1-3-28(15-21(30)17-32-18-22-8-6-13-33-22)16-27(31)29-12-10-26-23(11-14-35-26)24(29)19-34-25-9-5-4-7-20(25)2/h4-9,11,13-14,21,24,30H,3,10,12,15-19H2,1-2H3. The average Bonchev–Trinajstić information content (AvgIpc) is 3.55. The van der Waals surface area contributed by atoms with E-state index in [4.69, 9.17) is 13.9 Å². The van der Waals surface area contributed by atoms with Crippen LogP contribution in [0.4, 0.5) is 0 Å². The number of carbonyl (C=O) groups is 1. The van der Waals surface area contributed by atoms with Crippen molar-refractivity contribution < 1.29 is 23.8 Å². The third-order valence-corrected chi connectivity index (χ3v) is 7.31. The van der Waals surface area contributed by atoms with E-state index >= 15 is 0 Å². The Morgan fingerprint density at radius 2 is 2.14 bits per heavy atom. The van der Waals surface area contributed by atoms with Crippen LogP contribution in [0.3, 0.4) is 0 Å². The number of likely N-dealkylation sites (N-methyl/N-ethyl adjacent to an activating group) is 1. The van der Waals surface area contributed by atoms with Gasteiger partial charge in [0.25, 0.3) is 0 Å². The Morgan fingerprint density at radius 3 is 2.91 bits per heavy atom. The molecule has 1 aliphatic rings. The molecule has 0 bridgehead atoms. The van der Waals surface area contributed by atoms with E-state index in [1.165, 1.54) is 10.4 Å². The predicted molar refractivity (Wildman–Crippen MR) is 136 cm³/mol. The van der Waals surface area contributed by atoms with Crippen LogP contribution in [0.2, 0.25) is 0 Å². The van der Waals surface area contributed by atoms with Gasteiger partial charge in [0.2, 0.25) is 5.91 Å². The number of furan rings is 1. The third kappa shape index (κ3) is 6.73. The summed E-state index contributed by atoms with van der Waals surface area (Å²) >= 11 is 1.74. The number of benzene rings is 1. The molecular weight excluding hydrogens is 464 g/mol. The number of amides is 1. The molecule has 0 radical (unpaired) electrons. The second-order valence-electron chi connectivity index (χ2n) is 8.80. The van der Waals surface area contributed by atoms with Gasteiger partial charge in [0.15, 0.2) is 0 Å². The molecule has 1 aliphatic heterocycles. The molecule has 0 spiro atoms. The summed E-state index contributed by atoms with van der Waals surface area (Å²) in [6.45, 7) is 6.86. The van der Waals surface area contributed by atoms with E-state index in [0.717, 1.165) is 23.5 Å². The molecule has 0 fully saturated rings. The zero-order chi connectivity index (χ0) is 24.6. The molecule has 3 heterocycles. The number of hydrogen-bond acceptors (Lipinski definition) is 7. The van der Waals surface area contributed by atoms with Crippen LogP contribution in [-0.4, -0.2) is 66.3 Å². The average molecular weight is 499 g/mol. The van der Waals surface area contributed by atoms with E-state index in [0.29, 0.717) is 32.8 Å². The van der Waals surface area contributed by atoms with Gasteiger partial charge in [0, 0.05) is 18.0 Å². The molecule has 3 aromatic rings. The van der Waals surface area contributed by atoms with Crippen molar-refractivity contribution in [1.82, 2.24) is 9.80 Å². The highest BCUT2D eigenvalue weighted by Gasteiger charge is 2.33. The number of hydrogen-bond donors (Lipinski definition) is 1. The Bertz CT molecular complexity index is 1070. The second-order valence-corrected chi connectivity index (χ2v) is 9.81. The van der Waals surface area contributed by atoms with Crippen LogP contribution < -0.4 is 4.74 Å². The van der Waals surface area contributed by atoms with Crippen LogP contribution in [-0.2, 0) is 22.6 Å². The number of nitrogens with zero attached hydrogens (tertiary/aromatic N) is 2. The summed E-state index contributed by atoms with van der Waals surface area (Å²) < 4.78 is 17.0. The number of rotatable bonds is 12. The Kier molecular flexibility index (Phi) is 8.98. The molecule has 35 heavy (non-hydrogen) atoms. The van der Waals surface area contributed by atoms with Crippen molar-refractivity contribution in [1.29, 1.82) is 0 Å². The zero-order valence-corrected chi connectivity index (χ0v) is 21.2. The molecule has 0 aliphatic carbocycles. The van der Waals surface area contributed by atoms with E-state index in [-0.39, 0.29) is 25.1 Å². The highest BCUT2D eigenvalue weighted by molar-refractivity contribution is 7.10. The summed E-state index contributed by atoms with van der Waals surface area (Å²) in [6, 6.07) is 13.6. The molecule has 1 amide bonds. The fraction of sp³-hybridized carbons (Fsp3) is 0.444. The smallest absolute Gasteiger partial charge is 0.237 e.